The molecule has 0 atom stereocenters. The fourth-order valence-electron chi connectivity index (χ4n) is 1.37. The van der Waals surface area contributed by atoms with Gasteiger partial charge in [-0.2, -0.15) is 0 Å². The van der Waals surface area contributed by atoms with E-state index in [1.807, 2.05) is 0 Å². The molecule has 86 valence electrons. The van der Waals surface area contributed by atoms with Crippen molar-refractivity contribution in [1.29, 1.82) is 0 Å². The molecule has 0 aliphatic carbocycles. The smallest absolute Gasteiger partial charge is 0.317 e. The number of rotatable bonds is 5. The van der Waals surface area contributed by atoms with Crippen LogP contribution in [-0.2, 0) is 11.3 Å². The zero-order chi connectivity index (χ0) is 12.1. The maximum absolute atomic E-state index is 10.5. The predicted molar refractivity (Wildman–Crippen MR) is 57.1 cm³/mol. The van der Waals surface area contributed by atoms with Crippen LogP contribution in [0.3, 0.4) is 0 Å². The van der Waals surface area contributed by atoms with Gasteiger partial charge in [-0.1, -0.05) is 12.1 Å². The third-order valence-corrected chi connectivity index (χ3v) is 1.98. The third-order valence-electron chi connectivity index (χ3n) is 1.98. The molecular formula is C10H12N2O4. The molecule has 1 rings (SSSR count). The summed E-state index contributed by atoms with van der Waals surface area (Å²) in [7, 11) is 1.65. The number of benzene rings is 1. The fraction of sp³-hybridized carbons (Fsp3) is 0.300. The van der Waals surface area contributed by atoms with Crippen LogP contribution < -0.4 is 0 Å². The number of carboxylic acids is 1. The summed E-state index contributed by atoms with van der Waals surface area (Å²) in [6, 6.07) is 6.16. The molecule has 1 aromatic rings. The molecule has 1 aromatic carbocycles. The quantitative estimate of drug-likeness (QED) is 0.598. The molecule has 0 amide bonds. The Morgan fingerprint density at radius 2 is 2.25 bits per heavy atom. The van der Waals surface area contributed by atoms with Crippen LogP contribution in [0.25, 0.3) is 0 Å². The average molecular weight is 224 g/mol. The van der Waals surface area contributed by atoms with Crippen molar-refractivity contribution in [3.05, 3.63) is 39.9 Å². The largest absolute Gasteiger partial charge is 0.480 e. The molecule has 0 bridgehead atoms. The minimum Gasteiger partial charge on any atom is -0.480 e. The molecule has 0 unspecified atom stereocenters. The van der Waals surface area contributed by atoms with E-state index in [0.29, 0.717) is 6.54 Å². The lowest BCUT2D eigenvalue weighted by atomic mass is 10.2. The first-order valence-corrected chi connectivity index (χ1v) is 4.62. The molecule has 0 heterocycles. The van der Waals surface area contributed by atoms with Gasteiger partial charge in [0, 0.05) is 18.7 Å². The summed E-state index contributed by atoms with van der Waals surface area (Å²) < 4.78 is 0. The Morgan fingerprint density at radius 1 is 1.56 bits per heavy atom. The molecule has 0 aliphatic rings. The molecule has 0 saturated carbocycles. The maximum atomic E-state index is 10.5. The molecule has 0 aromatic heterocycles. The van der Waals surface area contributed by atoms with Crippen molar-refractivity contribution >= 4 is 11.7 Å². The van der Waals surface area contributed by atoms with E-state index < -0.39 is 10.9 Å². The van der Waals surface area contributed by atoms with Crippen LogP contribution in [0.15, 0.2) is 24.3 Å². The molecule has 6 nitrogen and oxygen atoms in total. The average Bonchev–Trinajstić information content (AvgIpc) is 2.16. The topological polar surface area (TPSA) is 83.7 Å². The number of hydrogen-bond acceptors (Lipinski definition) is 4. The lowest BCUT2D eigenvalue weighted by molar-refractivity contribution is -0.384. The van der Waals surface area contributed by atoms with Crippen molar-refractivity contribution in [3.8, 4) is 0 Å². The number of nitro groups is 1. The van der Waals surface area contributed by atoms with E-state index in [-0.39, 0.29) is 12.2 Å². The summed E-state index contributed by atoms with van der Waals surface area (Å²) in [6.45, 7) is 0.274. The first-order chi connectivity index (χ1) is 7.49. The van der Waals surface area contributed by atoms with Crippen LogP contribution in [-0.4, -0.2) is 34.5 Å². The summed E-state index contributed by atoms with van der Waals surface area (Å²) in [4.78, 5) is 22.0. The molecule has 6 heteroatoms. The Labute approximate surface area is 92.3 Å². The summed E-state index contributed by atoms with van der Waals surface area (Å²) in [5.74, 6) is -0.923. The SMILES string of the molecule is CN(CC(=O)O)Cc1cccc([N+](=O)[O-])c1. The Kier molecular flexibility index (Phi) is 3.96. The van der Waals surface area contributed by atoms with E-state index in [1.54, 1.807) is 24.1 Å². The first kappa shape index (κ1) is 12.1. The number of non-ortho nitro benzene ring substituents is 1. The van der Waals surface area contributed by atoms with Crippen molar-refractivity contribution in [3.63, 3.8) is 0 Å². The molecule has 0 aliphatic heterocycles. The highest BCUT2D eigenvalue weighted by Gasteiger charge is 2.08. The number of carbonyl (C=O) groups is 1. The van der Waals surface area contributed by atoms with Crippen molar-refractivity contribution in [2.24, 2.45) is 0 Å². The normalized spacial score (nSPS) is 10.4. The van der Waals surface area contributed by atoms with Gasteiger partial charge in [0.15, 0.2) is 0 Å². The van der Waals surface area contributed by atoms with Gasteiger partial charge in [-0.05, 0) is 12.6 Å². The minimum absolute atomic E-state index is 0.0150. The van der Waals surface area contributed by atoms with Gasteiger partial charge in [0.05, 0.1) is 11.5 Å². The standard InChI is InChI=1S/C10H12N2O4/c1-11(7-10(13)14)6-8-3-2-4-9(5-8)12(15)16/h2-5H,6-7H2,1H3,(H,13,14). The second kappa shape index (κ2) is 5.22. The van der Waals surface area contributed by atoms with Gasteiger partial charge in [0.1, 0.15) is 0 Å². The van der Waals surface area contributed by atoms with Gasteiger partial charge in [-0.15, -0.1) is 0 Å². The second-order valence-electron chi connectivity index (χ2n) is 3.49. The molecule has 0 fully saturated rings. The number of aliphatic carboxylic acids is 1. The van der Waals surface area contributed by atoms with Gasteiger partial charge < -0.3 is 5.11 Å². The van der Waals surface area contributed by atoms with Crippen molar-refractivity contribution in [2.75, 3.05) is 13.6 Å². The van der Waals surface area contributed by atoms with Crippen molar-refractivity contribution in [2.45, 2.75) is 6.54 Å². The monoisotopic (exact) mass is 224 g/mol. The molecule has 0 saturated heterocycles. The van der Waals surface area contributed by atoms with E-state index in [4.69, 9.17) is 5.11 Å². The van der Waals surface area contributed by atoms with E-state index >= 15 is 0 Å². The summed E-state index contributed by atoms with van der Waals surface area (Å²) in [5.41, 5.74) is 0.735. The van der Waals surface area contributed by atoms with E-state index in [0.717, 1.165) is 5.56 Å². The summed E-state index contributed by atoms with van der Waals surface area (Å²) >= 11 is 0. The van der Waals surface area contributed by atoms with E-state index in [2.05, 4.69) is 0 Å². The molecule has 0 radical (unpaired) electrons. The number of hydrogen-bond donors (Lipinski definition) is 1. The highest BCUT2D eigenvalue weighted by atomic mass is 16.6. The number of carboxylic acid groups (broad SMARTS) is 1. The Morgan fingerprint density at radius 3 is 2.81 bits per heavy atom. The molecular weight excluding hydrogens is 212 g/mol. The van der Waals surface area contributed by atoms with Crippen molar-refractivity contribution < 1.29 is 14.8 Å². The molecule has 0 spiro atoms. The van der Waals surface area contributed by atoms with Gasteiger partial charge in [-0.3, -0.25) is 19.8 Å². The van der Waals surface area contributed by atoms with Gasteiger partial charge in [0.25, 0.3) is 5.69 Å². The maximum Gasteiger partial charge on any atom is 0.317 e. The van der Waals surface area contributed by atoms with Gasteiger partial charge >= 0.3 is 5.97 Å². The Balaban J connectivity index is 2.70. The van der Waals surface area contributed by atoms with E-state index in [1.165, 1.54) is 12.1 Å². The zero-order valence-corrected chi connectivity index (χ0v) is 8.79. The molecule has 16 heavy (non-hydrogen) atoms. The van der Waals surface area contributed by atoms with E-state index in [9.17, 15) is 14.9 Å². The highest BCUT2D eigenvalue weighted by molar-refractivity contribution is 5.69. The lowest BCUT2D eigenvalue weighted by Gasteiger charge is -2.13. The van der Waals surface area contributed by atoms with Crippen LogP contribution in [0.1, 0.15) is 5.56 Å². The van der Waals surface area contributed by atoms with Crippen LogP contribution in [0, 0.1) is 10.1 Å². The van der Waals surface area contributed by atoms with Crippen LogP contribution >= 0.6 is 0 Å². The van der Waals surface area contributed by atoms with Crippen molar-refractivity contribution in [1.82, 2.24) is 4.90 Å². The fourth-order valence-corrected chi connectivity index (χ4v) is 1.37. The predicted octanol–water partition coefficient (Wildman–Crippen LogP) is 1.11. The van der Waals surface area contributed by atoms with Gasteiger partial charge in [0.2, 0.25) is 0 Å². The lowest BCUT2D eigenvalue weighted by Crippen LogP contribution is -2.25. The third kappa shape index (κ3) is 3.66. The van der Waals surface area contributed by atoms with Gasteiger partial charge in [-0.25, -0.2) is 0 Å². The number of likely N-dealkylation sites (N-methyl/N-ethyl adjacent to an activating group) is 1. The Hall–Kier alpha value is -1.95. The number of nitrogens with zero attached hydrogens (tertiary/aromatic N) is 2. The summed E-state index contributed by atoms with van der Waals surface area (Å²) in [5, 5.41) is 19.1. The number of nitro benzene ring substituents is 1. The highest BCUT2D eigenvalue weighted by Crippen LogP contribution is 2.14. The second-order valence-corrected chi connectivity index (χ2v) is 3.49. The Bertz CT molecular complexity index is 406. The van der Waals surface area contributed by atoms with Crippen LogP contribution in [0.5, 0.6) is 0 Å². The summed E-state index contributed by atoms with van der Waals surface area (Å²) in [6.07, 6.45) is 0. The molecule has 1 N–H and O–H groups in total. The first-order valence-electron chi connectivity index (χ1n) is 4.62. The zero-order valence-electron chi connectivity index (χ0n) is 8.79. The van der Waals surface area contributed by atoms with Crippen LogP contribution in [0.2, 0.25) is 0 Å². The van der Waals surface area contributed by atoms with Crippen LogP contribution in [0.4, 0.5) is 5.69 Å². The minimum atomic E-state index is -0.923.